The average Bonchev–Trinajstić information content (AvgIpc) is 3.16. The second-order valence-corrected chi connectivity index (χ2v) is 7.68. The molecule has 0 aliphatic heterocycles. The summed E-state index contributed by atoms with van der Waals surface area (Å²) in [7, 11) is 0. The van der Waals surface area contributed by atoms with Gasteiger partial charge in [0.1, 0.15) is 12.1 Å². The third kappa shape index (κ3) is 5.86. The molecule has 0 radical (unpaired) electrons. The highest BCUT2D eigenvalue weighted by Crippen LogP contribution is 2.28. The lowest BCUT2D eigenvalue weighted by molar-refractivity contribution is 0.112. The van der Waals surface area contributed by atoms with Crippen LogP contribution in [0, 0.1) is 0 Å². The number of aromatic nitrogens is 3. The van der Waals surface area contributed by atoms with Crippen molar-refractivity contribution in [1.82, 2.24) is 14.8 Å². The summed E-state index contributed by atoms with van der Waals surface area (Å²) < 4.78 is 13.6. The van der Waals surface area contributed by atoms with Crippen LogP contribution >= 0.6 is 11.8 Å². The molecule has 3 aromatic rings. The van der Waals surface area contributed by atoms with Crippen LogP contribution in [0.4, 0.5) is 0 Å². The molecule has 158 valence electrons. The molecule has 0 saturated carbocycles. The summed E-state index contributed by atoms with van der Waals surface area (Å²) >= 11 is 1.69. The third-order valence-corrected chi connectivity index (χ3v) is 5.55. The zero-order valence-corrected chi connectivity index (χ0v) is 18.2. The predicted octanol–water partition coefficient (Wildman–Crippen LogP) is 4.66. The molecular weight excluding hydrogens is 398 g/mol. The highest BCUT2D eigenvalue weighted by molar-refractivity contribution is 7.99. The summed E-state index contributed by atoms with van der Waals surface area (Å²) in [5, 5.41) is 9.71. The summed E-state index contributed by atoms with van der Waals surface area (Å²) in [6.07, 6.45) is 2.44. The van der Waals surface area contributed by atoms with Crippen molar-refractivity contribution in [2.45, 2.75) is 38.4 Å². The number of benzene rings is 2. The quantitative estimate of drug-likeness (QED) is 0.239. The first kappa shape index (κ1) is 21.9. The molecule has 30 heavy (non-hydrogen) atoms. The molecule has 2 aromatic carbocycles. The van der Waals surface area contributed by atoms with E-state index in [1.54, 1.807) is 30.0 Å². The molecule has 7 heteroatoms. The van der Waals surface area contributed by atoms with Crippen LogP contribution < -0.4 is 9.47 Å². The van der Waals surface area contributed by atoms with E-state index in [1.807, 2.05) is 25.1 Å². The molecule has 0 aliphatic carbocycles. The maximum Gasteiger partial charge on any atom is 0.191 e. The number of aldehydes is 1. The second kappa shape index (κ2) is 11.4. The van der Waals surface area contributed by atoms with E-state index < -0.39 is 0 Å². The first-order valence-electron chi connectivity index (χ1n) is 10.2. The van der Waals surface area contributed by atoms with Gasteiger partial charge >= 0.3 is 0 Å². The van der Waals surface area contributed by atoms with Gasteiger partial charge in [0.15, 0.2) is 16.7 Å². The summed E-state index contributed by atoms with van der Waals surface area (Å²) in [4.78, 5) is 11.0. The van der Waals surface area contributed by atoms with Crippen molar-refractivity contribution in [2.75, 3.05) is 19.0 Å². The standard InChI is InChI=1S/C23H27N3O3S/c1-3-26-22(16-18-9-6-5-7-10-18)24-25-23(26)30-14-8-13-29-20-12-11-19(17-27)15-21(20)28-4-2/h5-7,9-12,15,17H,3-4,8,13-14,16H2,1-2H3. The number of hydrogen-bond acceptors (Lipinski definition) is 6. The van der Waals surface area contributed by atoms with Crippen molar-refractivity contribution in [1.29, 1.82) is 0 Å². The molecule has 0 amide bonds. The van der Waals surface area contributed by atoms with Gasteiger partial charge in [0.2, 0.25) is 0 Å². The summed E-state index contributed by atoms with van der Waals surface area (Å²) in [5.74, 6) is 3.12. The maximum atomic E-state index is 11.0. The van der Waals surface area contributed by atoms with Crippen LogP contribution in [0.1, 0.15) is 42.0 Å². The number of carbonyl (C=O) groups is 1. The van der Waals surface area contributed by atoms with Gasteiger partial charge in [0.05, 0.1) is 13.2 Å². The molecule has 0 aliphatic rings. The molecule has 0 unspecified atom stereocenters. The number of rotatable bonds is 12. The van der Waals surface area contributed by atoms with Crippen LogP contribution in [0.3, 0.4) is 0 Å². The Morgan fingerprint density at radius 3 is 2.60 bits per heavy atom. The van der Waals surface area contributed by atoms with Crippen LogP contribution in [-0.4, -0.2) is 40.0 Å². The lowest BCUT2D eigenvalue weighted by atomic mass is 10.1. The molecule has 0 bridgehead atoms. The van der Waals surface area contributed by atoms with Crippen molar-refractivity contribution in [3.63, 3.8) is 0 Å². The first-order valence-corrected chi connectivity index (χ1v) is 11.2. The molecule has 0 spiro atoms. The Hall–Kier alpha value is -2.80. The predicted molar refractivity (Wildman–Crippen MR) is 119 cm³/mol. The Labute approximate surface area is 181 Å². The maximum absolute atomic E-state index is 11.0. The van der Waals surface area contributed by atoms with Gasteiger partial charge in [0.25, 0.3) is 0 Å². The molecule has 1 heterocycles. The van der Waals surface area contributed by atoms with Crippen molar-refractivity contribution in [2.24, 2.45) is 0 Å². The van der Waals surface area contributed by atoms with E-state index in [-0.39, 0.29) is 0 Å². The Morgan fingerprint density at radius 2 is 1.87 bits per heavy atom. The van der Waals surface area contributed by atoms with Gasteiger partial charge in [-0.05, 0) is 44.0 Å². The fourth-order valence-electron chi connectivity index (χ4n) is 3.04. The SMILES string of the molecule is CCOc1cc(C=O)ccc1OCCCSc1nnc(Cc2ccccc2)n1CC. The molecular formula is C23H27N3O3S. The lowest BCUT2D eigenvalue weighted by Gasteiger charge is -2.12. The molecule has 1 aromatic heterocycles. The lowest BCUT2D eigenvalue weighted by Crippen LogP contribution is -2.05. The van der Waals surface area contributed by atoms with Gasteiger partial charge in [-0.3, -0.25) is 4.79 Å². The largest absolute Gasteiger partial charge is 0.490 e. The van der Waals surface area contributed by atoms with Gasteiger partial charge in [-0.1, -0.05) is 42.1 Å². The van der Waals surface area contributed by atoms with E-state index in [2.05, 4.69) is 33.8 Å². The van der Waals surface area contributed by atoms with E-state index >= 15 is 0 Å². The van der Waals surface area contributed by atoms with Crippen molar-refractivity contribution in [3.05, 3.63) is 65.5 Å². The Balaban J connectivity index is 1.51. The molecule has 3 rings (SSSR count). The number of thioether (sulfide) groups is 1. The van der Waals surface area contributed by atoms with Crippen LogP contribution in [-0.2, 0) is 13.0 Å². The second-order valence-electron chi connectivity index (χ2n) is 6.61. The van der Waals surface area contributed by atoms with Gasteiger partial charge in [-0.2, -0.15) is 0 Å². The van der Waals surface area contributed by atoms with Gasteiger partial charge < -0.3 is 14.0 Å². The molecule has 0 atom stereocenters. The summed E-state index contributed by atoms with van der Waals surface area (Å²) in [6.45, 7) is 5.94. The van der Waals surface area contributed by atoms with Gasteiger partial charge in [-0.15, -0.1) is 10.2 Å². The fourth-order valence-corrected chi connectivity index (χ4v) is 3.98. The van der Waals surface area contributed by atoms with Crippen LogP contribution in [0.5, 0.6) is 11.5 Å². The van der Waals surface area contributed by atoms with Gasteiger partial charge in [0, 0.05) is 24.3 Å². The Bertz CT molecular complexity index is 944. The Morgan fingerprint density at radius 1 is 1.03 bits per heavy atom. The van der Waals surface area contributed by atoms with Crippen LogP contribution in [0.2, 0.25) is 0 Å². The minimum atomic E-state index is 0.520. The van der Waals surface area contributed by atoms with E-state index in [9.17, 15) is 4.79 Å². The topological polar surface area (TPSA) is 66.2 Å². The fraction of sp³-hybridized carbons (Fsp3) is 0.348. The molecule has 6 nitrogen and oxygen atoms in total. The zero-order valence-electron chi connectivity index (χ0n) is 17.4. The number of carbonyl (C=O) groups excluding carboxylic acids is 1. The number of hydrogen-bond donors (Lipinski definition) is 0. The van der Waals surface area contributed by atoms with E-state index in [0.29, 0.717) is 30.3 Å². The highest BCUT2D eigenvalue weighted by Gasteiger charge is 2.12. The minimum absolute atomic E-state index is 0.520. The average molecular weight is 426 g/mol. The van der Waals surface area contributed by atoms with Crippen molar-refractivity contribution in [3.8, 4) is 11.5 Å². The van der Waals surface area contributed by atoms with Crippen molar-refractivity contribution < 1.29 is 14.3 Å². The molecule has 0 N–H and O–H groups in total. The molecule has 0 fully saturated rings. The zero-order chi connectivity index (χ0) is 21.2. The normalized spacial score (nSPS) is 10.7. The van der Waals surface area contributed by atoms with E-state index in [1.165, 1.54) is 5.56 Å². The number of ether oxygens (including phenoxy) is 2. The summed E-state index contributed by atoms with van der Waals surface area (Å²) in [6, 6.07) is 15.5. The van der Waals surface area contributed by atoms with Gasteiger partial charge in [-0.25, -0.2) is 0 Å². The van der Waals surface area contributed by atoms with E-state index in [4.69, 9.17) is 9.47 Å². The van der Waals surface area contributed by atoms with E-state index in [0.717, 1.165) is 42.4 Å². The van der Waals surface area contributed by atoms with Crippen LogP contribution in [0.25, 0.3) is 0 Å². The van der Waals surface area contributed by atoms with Crippen LogP contribution in [0.15, 0.2) is 53.7 Å². The highest BCUT2D eigenvalue weighted by atomic mass is 32.2. The monoisotopic (exact) mass is 425 g/mol. The summed E-state index contributed by atoms with van der Waals surface area (Å²) in [5.41, 5.74) is 1.81. The van der Waals surface area contributed by atoms with Crippen molar-refractivity contribution >= 4 is 18.0 Å². The molecule has 0 saturated heterocycles. The smallest absolute Gasteiger partial charge is 0.191 e. The third-order valence-electron chi connectivity index (χ3n) is 4.50. The first-order chi connectivity index (χ1) is 14.7. The minimum Gasteiger partial charge on any atom is -0.490 e. The Kier molecular flexibility index (Phi) is 8.32. The number of nitrogens with zero attached hydrogens (tertiary/aromatic N) is 3.